The van der Waals surface area contributed by atoms with Gasteiger partial charge in [0, 0.05) is 0 Å². The van der Waals surface area contributed by atoms with E-state index in [0.717, 1.165) is 24.0 Å². The monoisotopic (exact) mass is 234 g/mol. The normalized spacial score (nSPS) is 34.2. The molecule has 2 aliphatic carbocycles. The maximum atomic E-state index is 13.4. The van der Waals surface area contributed by atoms with Crippen LogP contribution in [0.2, 0.25) is 0 Å². The zero-order valence-electron chi connectivity index (χ0n) is 10.4. The van der Waals surface area contributed by atoms with E-state index >= 15 is 0 Å². The minimum absolute atomic E-state index is 0.170. The lowest BCUT2D eigenvalue weighted by molar-refractivity contribution is 0.0445. The highest BCUT2D eigenvalue weighted by atomic mass is 19.1. The lowest BCUT2D eigenvalue weighted by Crippen LogP contribution is -2.31. The van der Waals surface area contributed by atoms with Crippen molar-refractivity contribution in [2.24, 2.45) is 11.3 Å². The van der Waals surface area contributed by atoms with E-state index in [1.165, 1.54) is 12.5 Å². The van der Waals surface area contributed by atoms with Gasteiger partial charge in [0.15, 0.2) is 0 Å². The standard InChI is InChI=1S/C15H19FO/c1-15(2)7-3-4-11-13(15)12-8-9(16)5-6-10(12)14(11)17/h5-6,8,11,13-14,17H,3-4,7H2,1-2H3/t11-,13+,14-/m0/s1. The van der Waals surface area contributed by atoms with Crippen LogP contribution in [-0.4, -0.2) is 5.11 Å². The predicted octanol–water partition coefficient (Wildman–Crippen LogP) is 3.78. The number of rotatable bonds is 0. The molecule has 1 nitrogen and oxygen atoms in total. The summed E-state index contributed by atoms with van der Waals surface area (Å²) in [7, 11) is 0. The lowest BCUT2D eigenvalue weighted by Gasteiger charge is -2.41. The zero-order chi connectivity index (χ0) is 12.2. The Morgan fingerprint density at radius 2 is 2.06 bits per heavy atom. The summed E-state index contributed by atoms with van der Waals surface area (Å²) in [6.45, 7) is 4.49. The van der Waals surface area contributed by atoms with Crippen molar-refractivity contribution >= 4 is 0 Å². The first-order valence-electron chi connectivity index (χ1n) is 6.48. The topological polar surface area (TPSA) is 20.2 Å². The third kappa shape index (κ3) is 1.54. The van der Waals surface area contributed by atoms with Gasteiger partial charge in [-0.2, -0.15) is 0 Å². The zero-order valence-corrected chi connectivity index (χ0v) is 10.4. The molecule has 3 rings (SSSR count). The average Bonchev–Trinajstić information content (AvgIpc) is 2.53. The molecule has 0 aromatic heterocycles. The van der Waals surface area contributed by atoms with Crippen LogP contribution in [0.15, 0.2) is 18.2 Å². The Bertz CT molecular complexity index is 452. The summed E-state index contributed by atoms with van der Waals surface area (Å²) in [6, 6.07) is 4.87. The number of benzene rings is 1. The van der Waals surface area contributed by atoms with Crippen molar-refractivity contribution in [1.29, 1.82) is 0 Å². The predicted molar refractivity (Wildman–Crippen MR) is 65.2 cm³/mol. The van der Waals surface area contributed by atoms with E-state index in [2.05, 4.69) is 13.8 Å². The molecule has 0 heterocycles. The number of hydrogen-bond acceptors (Lipinski definition) is 1. The maximum Gasteiger partial charge on any atom is 0.123 e. The van der Waals surface area contributed by atoms with Gasteiger partial charge in [0.25, 0.3) is 0 Å². The maximum absolute atomic E-state index is 13.4. The van der Waals surface area contributed by atoms with Crippen LogP contribution < -0.4 is 0 Å². The van der Waals surface area contributed by atoms with Crippen LogP contribution >= 0.6 is 0 Å². The summed E-state index contributed by atoms with van der Waals surface area (Å²) in [5.41, 5.74) is 2.17. The van der Waals surface area contributed by atoms with Gasteiger partial charge in [-0.1, -0.05) is 26.3 Å². The van der Waals surface area contributed by atoms with Crippen LogP contribution in [0.3, 0.4) is 0 Å². The SMILES string of the molecule is CC1(C)CCC[C@@H]2[C@@H](O)c3ccc(F)cc3[C@@H]21. The summed E-state index contributed by atoms with van der Waals surface area (Å²) in [5, 5.41) is 10.4. The number of aliphatic hydroxyl groups excluding tert-OH is 1. The summed E-state index contributed by atoms with van der Waals surface area (Å²) in [6.07, 6.45) is 3.00. The second kappa shape index (κ2) is 3.55. The molecule has 0 amide bonds. The minimum Gasteiger partial charge on any atom is -0.388 e. The van der Waals surface area contributed by atoms with E-state index in [1.807, 2.05) is 0 Å². The first-order chi connectivity index (χ1) is 8.00. The molecular formula is C15H19FO. The Morgan fingerprint density at radius 1 is 1.29 bits per heavy atom. The van der Waals surface area contributed by atoms with Crippen molar-refractivity contribution in [3.63, 3.8) is 0 Å². The van der Waals surface area contributed by atoms with Gasteiger partial charge in [0.05, 0.1) is 6.10 Å². The van der Waals surface area contributed by atoms with E-state index in [9.17, 15) is 9.50 Å². The summed E-state index contributed by atoms with van der Waals surface area (Å²) < 4.78 is 13.4. The quantitative estimate of drug-likeness (QED) is 0.724. The van der Waals surface area contributed by atoms with Crippen molar-refractivity contribution in [1.82, 2.24) is 0 Å². The Morgan fingerprint density at radius 3 is 2.82 bits per heavy atom. The van der Waals surface area contributed by atoms with Gasteiger partial charge in [-0.05, 0) is 53.4 Å². The second-order valence-corrected chi connectivity index (χ2v) is 6.24. The highest BCUT2D eigenvalue weighted by molar-refractivity contribution is 5.40. The number of fused-ring (bicyclic) bond motifs is 3. The van der Waals surface area contributed by atoms with Gasteiger partial charge in [0.2, 0.25) is 0 Å². The van der Waals surface area contributed by atoms with Crippen LogP contribution in [0, 0.1) is 17.2 Å². The molecular weight excluding hydrogens is 215 g/mol. The van der Waals surface area contributed by atoms with Gasteiger partial charge in [0.1, 0.15) is 5.82 Å². The molecule has 17 heavy (non-hydrogen) atoms. The van der Waals surface area contributed by atoms with Gasteiger partial charge < -0.3 is 5.11 Å². The van der Waals surface area contributed by atoms with Gasteiger partial charge >= 0.3 is 0 Å². The smallest absolute Gasteiger partial charge is 0.123 e. The number of aliphatic hydroxyl groups is 1. The fraction of sp³-hybridized carbons (Fsp3) is 0.600. The van der Waals surface area contributed by atoms with Crippen LogP contribution in [0.1, 0.15) is 56.3 Å². The summed E-state index contributed by atoms with van der Waals surface area (Å²) >= 11 is 0. The lowest BCUT2D eigenvalue weighted by atomic mass is 9.63. The first kappa shape index (κ1) is 11.2. The molecule has 1 aromatic rings. The first-order valence-corrected chi connectivity index (χ1v) is 6.48. The Kier molecular flexibility index (Phi) is 2.34. The fourth-order valence-corrected chi connectivity index (χ4v) is 4.00. The Labute approximate surface area is 102 Å². The van der Waals surface area contributed by atoms with E-state index in [4.69, 9.17) is 0 Å². The molecule has 0 spiro atoms. The molecule has 92 valence electrons. The molecule has 0 saturated heterocycles. The molecule has 0 unspecified atom stereocenters. The van der Waals surface area contributed by atoms with Crippen LogP contribution in [0.4, 0.5) is 4.39 Å². The highest BCUT2D eigenvalue weighted by Crippen LogP contribution is 2.59. The van der Waals surface area contributed by atoms with Gasteiger partial charge in [-0.15, -0.1) is 0 Å². The van der Waals surface area contributed by atoms with Crippen LogP contribution in [0.25, 0.3) is 0 Å². The number of hydrogen-bond donors (Lipinski definition) is 1. The van der Waals surface area contributed by atoms with E-state index < -0.39 is 6.10 Å². The van der Waals surface area contributed by atoms with E-state index in [-0.39, 0.29) is 17.2 Å². The summed E-state index contributed by atoms with van der Waals surface area (Å²) in [4.78, 5) is 0. The van der Waals surface area contributed by atoms with Crippen molar-refractivity contribution in [3.8, 4) is 0 Å². The molecule has 1 saturated carbocycles. The third-order valence-corrected chi connectivity index (χ3v) is 4.74. The van der Waals surface area contributed by atoms with Crippen molar-refractivity contribution in [3.05, 3.63) is 35.1 Å². The molecule has 3 atom stereocenters. The molecule has 1 aromatic carbocycles. The van der Waals surface area contributed by atoms with Gasteiger partial charge in [-0.25, -0.2) is 4.39 Å². The molecule has 0 aliphatic heterocycles. The Balaban J connectivity index is 2.14. The van der Waals surface area contributed by atoms with E-state index in [1.54, 1.807) is 12.1 Å². The molecule has 0 bridgehead atoms. The van der Waals surface area contributed by atoms with Crippen LogP contribution in [0.5, 0.6) is 0 Å². The van der Waals surface area contributed by atoms with E-state index in [0.29, 0.717) is 5.92 Å². The molecule has 0 radical (unpaired) electrons. The Hall–Kier alpha value is -0.890. The van der Waals surface area contributed by atoms with Crippen molar-refractivity contribution in [2.75, 3.05) is 0 Å². The second-order valence-electron chi connectivity index (χ2n) is 6.24. The van der Waals surface area contributed by atoms with Crippen molar-refractivity contribution in [2.45, 2.75) is 45.1 Å². The van der Waals surface area contributed by atoms with Crippen molar-refractivity contribution < 1.29 is 9.50 Å². The summed E-state index contributed by atoms with van der Waals surface area (Å²) in [5.74, 6) is 0.422. The molecule has 2 aliphatic rings. The molecule has 1 fully saturated rings. The molecule has 1 N–H and O–H groups in total. The number of halogens is 1. The third-order valence-electron chi connectivity index (χ3n) is 4.74. The average molecular weight is 234 g/mol. The largest absolute Gasteiger partial charge is 0.388 e. The minimum atomic E-state index is -0.393. The molecule has 2 heteroatoms. The van der Waals surface area contributed by atoms with Crippen LogP contribution in [-0.2, 0) is 0 Å². The fourth-order valence-electron chi connectivity index (χ4n) is 4.00. The highest BCUT2D eigenvalue weighted by Gasteiger charge is 2.48. The van der Waals surface area contributed by atoms with Gasteiger partial charge in [-0.3, -0.25) is 0 Å².